The average Bonchev–Trinajstić information content (AvgIpc) is 3.31. The van der Waals surface area contributed by atoms with Crippen molar-refractivity contribution < 1.29 is 17.9 Å². The van der Waals surface area contributed by atoms with Crippen LogP contribution in [0.25, 0.3) is 0 Å². The molecule has 0 saturated carbocycles. The highest BCUT2D eigenvalue weighted by Gasteiger charge is 2.75. The molecule has 1 fully saturated rings. The molecule has 138 valence electrons. The molecule has 4 atom stereocenters. The second-order valence-electron chi connectivity index (χ2n) is 7.45. The summed E-state index contributed by atoms with van der Waals surface area (Å²) in [5.41, 5.74) is 2.93. The zero-order valence-corrected chi connectivity index (χ0v) is 15.9. The van der Waals surface area contributed by atoms with Crippen LogP contribution >= 0.6 is 0 Å². The van der Waals surface area contributed by atoms with Crippen molar-refractivity contribution in [2.24, 2.45) is 0 Å². The number of carbonyl (C=O) groups excluding carboxylic acids is 1. The van der Waals surface area contributed by atoms with Crippen molar-refractivity contribution in [3.63, 3.8) is 0 Å². The van der Waals surface area contributed by atoms with Crippen LogP contribution in [0.15, 0.2) is 65.1 Å². The summed E-state index contributed by atoms with van der Waals surface area (Å²) in [7, 11) is -2.17. The Balaban J connectivity index is 1.68. The Labute approximate surface area is 158 Å². The number of fused-ring (bicyclic) bond motifs is 2. The second-order valence-corrected chi connectivity index (χ2v) is 9.23. The fourth-order valence-corrected chi connectivity index (χ4v) is 6.97. The van der Waals surface area contributed by atoms with E-state index >= 15 is 0 Å². The van der Waals surface area contributed by atoms with Crippen LogP contribution in [0.5, 0.6) is 0 Å². The molecule has 0 N–H and O–H groups in total. The van der Waals surface area contributed by atoms with E-state index in [1.165, 1.54) is 7.11 Å². The highest BCUT2D eigenvalue weighted by atomic mass is 32.2. The van der Waals surface area contributed by atoms with Gasteiger partial charge in [-0.05, 0) is 30.5 Å². The van der Waals surface area contributed by atoms with Gasteiger partial charge in [-0.3, -0.25) is 0 Å². The normalized spacial score (nSPS) is 31.9. The molecular weight excluding hydrogens is 362 g/mol. The maximum absolute atomic E-state index is 13.0. The van der Waals surface area contributed by atoms with E-state index in [-0.39, 0.29) is 12.0 Å². The number of sulfonamides is 1. The number of ether oxygens (including phenoxy) is 1. The van der Waals surface area contributed by atoms with E-state index in [1.54, 1.807) is 22.5 Å². The van der Waals surface area contributed by atoms with Crippen LogP contribution in [0.2, 0.25) is 0 Å². The fraction of sp³-hybridized carbons (Fsp3) is 0.286. The smallest absolute Gasteiger partial charge is 0.334 e. The summed E-state index contributed by atoms with van der Waals surface area (Å²) in [6.45, 7) is 2.01. The number of hydrogen-bond acceptors (Lipinski definition) is 4. The summed E-state index contributed by atoms with van der Waals surface area (Å²) >= 11 is 0. The number of esters is 1. The van der Waals surface area contributed by atoms with Crippen molar-refractivity contribution in [2.75, 3.05) is 7.11 Å². The minimum Gasteiger partial charge on any atom is -0.466 e. The van der Waals surface area contributed by atoms with E-state index in [1.807, 2.05) is 43.3 Å². The zero-order chi connectivity index (χ0) is 19.0. The summed E-state index contributed by atoms with van der Waals surface area (Å²) < 4.78 is 32.6. The van der Waals surface area contributed by atoms with Gasteiger partial charge in [-0.1, -0.05) is 54.1 Å². The maximum atomic E-state index is 13.0. The molecular formula is C21H19NO4S. The van der Waals surface area contributed by atoms with Gasteiger partial charge in [0.25, 0.3) is 0 Å². The molecule has 27 heavy (non-hydrogen) atoms. The van der Waals surface area contributed by atoms with E-state index in [2.05, 4.69) is 0 Å². The molecule has 3 aliphatic rings. The minimum absolute atomic E-state index is 0.208. The van der Waals surface area contributed by atoms with Gasteiger partial charge in [-0.15, -0.1) is 0 Å². The predicted octanol–water partition coefficient (Wildman–Crippen LogP) is 2.86. The Morgan fingerprint density at radius 3 is 2.56 bits per heavy atom. The lowest BCUT2D eigenvalue weighted by Gasteiger charge is -2.27. The molecule has 0 aromatic heterocycles. The molecule has 5 nitrogen and oxygen atoms in total. The molecule has 0 amide bonds. The van der Waals surface area contributed by atoms with Crippen LogP contribution in [-0.4, -0.2) is 31.8 Å². The van der Waals surface area contributed by atoms with Gasteiger partial charge in [0, 0.05) is 11.5 Å². The summed E-state index contributed by atoms with van der Waals surface area (Å²) in [5, 5.41) is 0. The van der Waals surface area contributed by atoms with Gasteiger partial charge in [0.2, 0.25) is 10.0 Å². The Hall–Kier alpha value is -2.44. The van der Waals surface area contributed by atoms with Gasteiger partial charge in [-0.2, -0.15) is 4.31 Å². The highest BCUT2D eigenvalue weighted by molar-refractivity contribution is 7.89. The Kier molecular flexibility index (Phi) is 3.28. The highest BCUT2D eigenvalue weighted by Crippen LogP contribution is 2.67. The van der Waals surface area contributed by atoms with Gasteiger partial charge in [0.1, 0.15) is 0 Å². The van der Waals surface area contributed by atoms with Gasteiger partial charge in [0.05, 0.1) is 23.6 Å². The van der Waals surface area contributed by atoms with E-state index in [9.17, 15) is 13.2 Å². The number of benzene rings is 2. The van der Waals surface area contributed by atoms with Crippen LogP contribution in [0, 0.1) is 6.92 Å². The Morgan fingerprint density at radius 1 is 1.15 bits per heavy atom. The van der Waals surface area contributed by atoms with Gasteiger partial charge < -0.3 is 4.74 Å². The largest absolute Gasteiger partial charge is 0.466 e. The number of methoxy groups -OCH3 is 1. The molecule has 1 spiro atoms. The van der Waals surface area contributed by atoms with E-state index in [0.29, 0.717) is 16.9 Å². The maximum Gasteiger partial charge on any atom is 0.334 e. The molecule has 2 aliphatic heterocycles. The zero-order valence-electron chi connectivity index (χ0n) is 15.0. The molecule has 2 aromatic carbocycles. The fourth-order valence-electron chi connectivity index (χ4n) is 4.78. The predicted molar refractivity (Wildman–Crippen MR) is 99.6 cm³/mol. The van der Waals surface area contributed by atoms with Gasteiger partial charge >= 0.3 is 5.97 Å². The lowest BCUT2D eigenvalue weighted by atomic mass is 9.74. The van der Waals surface area contributed by atoms with E-state index in [0.717, 1.165) is 16.7 Å². The van der Waals surface area contributed by atoms with Gasteiger partial charge in [-0.25, -0.2) is 13.2 Å². The summed E-state index contributed by atoms with van der Waals surface area (Å²) in [4.78, 5) is 12.8. The van der Waals surface area contributed by atoms with Crippen molar-refractivity contribution in [2.45, 2.75) is 35.7 Å². The molecule has 0 bridgehead atoms. The molecule has 1 saturated heterocycles. The SMILES string of the molecule is COC(=O)C1=CC2N3C2(CC1c1ccc(C)cc1)c1ccccc1S3(=O)=O. The van der Waals surface area contributed by atoms with Gasteiger partial charge in [0.15, 0.2) is 0 Å². The first-order chi connectivity index (χ1) is 12.9. The molecule has 4 unspecified atom stereocenters. The molecule has 2 heterocycles. The lowest BCUT2D eigenvalue weighted by molar-refractivity contribution is -0.136. The average molecular weight is 381 g/mol. The van der Waals surface area contributed by atoms with E-state index < -0.39 is 21.5 Å². The first-order valence-corrected chi connectivity index (χ1v) is 10.4. The van der Waals surface area contributed by atoms with Crippen LogP contribution in [-0.2, 0) is 25.1 Å². The molecule has 1 aliphatic carbocycles. The van der Waals surface area contributed by atoms with Crippen LogP contribution in [0.3, 0.4) is 0 Å². The monoisotopic (exact) mass is 381 g/mol. The molecule has 2 aromatic rings. The number of aryl methyl sites for hydroxylation is 1. The first-order valence-electron chi connectivity index (χ1n) is 8.92. The Bertz CT molecular complexity index is 1100. The lowest BCUT2D eigenvalue weighted by Crippen LogP contribution is -2.26. The van der Waals surface area contributed by atoms with Crippen molar-refractivity contribution in [3.8, 4) is 0 Å². The topological polar surface area (TPSA) is 63.5 Å². The third kappa shape index (κ3) is 2.02. The quantitative estimate of drug-likeness (QED) is 0.593. The number of carbonyl (C=O) groups is 1. The van der Waals surface area contributed by atoms with E-state index in [4.69, 9.17) is 4.74 Å². The third-order valence-corrected chi connectivity index (χ3v) is 8.07. The first kappa shape index (κ1) is 16.7. The van der Waals surface area contributed by atoms with Crippen LogP contribution in [0.4, 0.5) is 0 Å². The number of hydrogen-bond donors (Lipinski definition) is 0. The molecule has 6 heteroatoms. The van der Waals surface area contributed by atoms with Crippen molar-refractivity contribution in [1.29, 1.82) is 0 Å². The summed E-state index contributed by atoms with van der Waals surface area (Å²) in [5.74, 6) is -0.604. The van der Waals surface area contributed by atoms with Crippen molar-refractivity contribution in [1.82, 2.24) is 4.31 Å². The summed E-state index contributed by atoms with van der Waals surface area (Å²) in [6, 6.07) is 14.9. The number of rotatable bonds is 2. The second kappa shape index (κ2) is 5.30. The number of nitrogens with zero attached hydrogens (tertiary/aromatic N) is 1. The minimum atomic E-state index is -3.53. The molecule has 0 radical (unpaired) electrons. The van der Waals surface area contributed by atoms with Crippen LogP contribution < -0.4 is 0 Å². The van der Waals surface area contributed by atoms with Crippen molar-refractivity contribution >= 4 is 16.0 Å². The third-order valence-electron chi connectivity index (χ3n) is 6.09. The Morgan fingerprint density at radius 2 is 1.85 bits per heavy atom. The van der Waals surface area contributed by atoms with Crippen LogP contribution in [0.1, 0.15) is 29.0 Å². The molecule has 5 rings (SSSR count). The van der Waals surface area contributed by atoms with Crippen molar-refractivity contribution in [3.05, 3.63) is 76.9 Å². The summed E-state index contributed by atoms with van der Waals surface area (Å²) in [6.07, 6.45) is 2.34. The standard InChI is InChI=1S/C21H19NO4S/c1-13-7-9-14(10-8-13)16-12-21-17-5-3-4-6-18(17)27(24,25)22(21)19(21)11-15(16)20(23)26-2/h3-11,16,19H,12H2,1-2H3.